The molecule has 8 nitrogen and oxygen atoms in total. The highest BCUT2D eigenvalue weighted by Crippen LogP contribution is 2.59. The number of nitrogens with zero attached hydrogens (tertiary/aromatic N) is 3. The van der Waals surface area contributed by atoms with E-state index in [1.54, 1.807) is 25.3 Å². The van der Waals surface area contributed by atoms with Crippen LogP contribution in [-0.2, 0) is 16.0 Å². The largest absolute Gasteiger partial charge is 0.495 e. The Morgan fingerprint density at radius 2 is 1.97 bits per heavy atom. The molecule has 3 aromatic rings. The SMILES string of the molecule is COc1ccc(NC(=O)C2CC23CCN(C(=O)Cc2nc(-c4ccccc4)n[nH]2)CC3)cc1Cl. The van der Waals surface area contributed by atoms with E-state index in [4.69, 9.17) is 16.3 Å². The Labute approximate surface area is 202 Å². The fourth-order valence-electron chi connectivity index (χ4n) is 4.79. The highest BCUT2D eigenvalue weighted by Gasteiger charge is 2.58. The molecule has 1 saturated carbocycles. The predicted octanol–water partition coefficient (Wildman–Crippen LogP) is 3.94. The van der Waals surface area contributed by atoms with Gasteiger partial charge in [-0.25, -0.2) is 4.98 Å². The summed E-state index contributed by atoms with van der Waals surface area (Å²) in [6.45, 7) is 1.30. The van der Waals surface area contributed by atoms with Gasteiger partial charge in [-0.3, -0.25) is 14.7 Å². The quantitative estimate of drug-likeness (QED) is 0.557. The summed E-state index contributed by atoms with van der Waals surface area (Å²) in [5, 5.41) is 10.5. The Balaban J connectivity index is 1.12. The molecule has 2 aliphatic rings. The van der Waals surface area contributed by atoms with Gasteiger partial charge in [-0.1, -0.05) is 41.9 Å². The van der Waals surface area contributed by atoms with E-state index in [1.807, 2.05) is 35.2 Å². The van der Waals surface area contributed by atoms with Gasteiger partial charge in [0.2, 0.25) is 11.8 Å². The fraction of sp³-hybridized carbons (Fsp3) is 0.360. The molecule has 1 atom stereocenters. The third-order valence-electron chi connectivity index (χ3n) is 6.92. The Kier molecular flexibility index (Phi) is 6.00. The third kappa shape index (κ3) is 4.50. The first-order chi connectivity index (χ1) is 16.5. The van der Waals surface area contributed by atoms with E-state index in [2.05, 4.69) is 20.5 Å². The lowest BCUT2D eigenvalue weighted by Gasteiger charge is -2.32. The molecule has 2 aromatic carbocycles. The monoisotopic (exact) mass is 479 g/mol. The minimum absolute atomic E-state index is 0.0101. The molecule has 9 heteroatoms. The molecule has 1 aliphatic carbocycles. The van der Waals surface area contributed by atoms with Crippen LogP contribution in [0.1, 0.15) is 25.1 Å². The number of rotatable bonds is 6. The molecule has 1 unspecified atom stereocenters. The summed E-state index contributed by atoms with van der Waals surface area (Å²) in [6, 6.07) is 14.9. The summed E-state index contributed by atoms with van der Waals surface area (Å²) in [7, 11) is 1.55. The molecular formula is C25H26ClN5O3. The number of hydrogen-bond acceptors (Lipinski definition) is 5. The second kappa shape index (κ2) is 9.10. The zero-order chi connectivity index (χ0) is 23.7. The van der Waals surface area contributed by atoms with Gasteiger partial charge >= 0.3 is 0 Å². The van der Waals surface area contributed by atoms with Gasteiger partial charge in [-0.2, -0.15) is 5.10 Å². The number of amides is 2. The van der Waals surface area contributed by atoms with Crippen molar-refractivity contribution in [1.82, 2.24) is 20.1 Å². The maximum atomic E-state index is 12.8. The number of ether oxygens (including phenoxy) is 1. The van der Waals surface area contributed by atoms with E-state index in [9.17, 15) is 9.59 Å². The van der Waals surface area contributed by atoms with Crippen LogP contribution >= 0.6 is 11.6 Å². The van der Waals surface area contributed by atoms with E-state index in [-0.39, 0.29) is 29.6 Å². The number of hydrogen-bond donors (Lipinski definition) is 2. The number of H-pyrrole nitrogens is 1. The van der Waals surface area contributed by atoms with Gasteiger partial charge in [0.15, 0.2) is 5.82 Å². The molecular weight excluding hydrogens is 454 g/mol. The highest BCUT2D eigenvalue weighted by atomic mass is 35.5. The van der Waals surface area contributed by atoms with Crippen LogP contribution in [0.5, 0.6) is 5.75 Å². The van der Waals surface area contributed by atoms with E-state index in [1.165, 1.54) is 0 Å². The summed E-state index contributed by atoms with van der Waals surface area (Å²) < 4.78 is 5.16. The van der Waals surface area contributed by atoms with Crippen LogP contribution in [0.2, 0.25) is 5.02 Å². The minimum Gasteiger partial charge on any atom is -0.495 e. The van der Waals surface area contributed by atoms with Crippen LogP contribution in [0, 0.1) is 11.3 Å². The number of benzene rings is 2. The normalized spacial score (nSPS) is 18.5. The highest BCUT2D eigenvalue weighted by molar-refractivity contribution is 6.32. The Morgan fingerprint density at radius 1 is 1.21 bits per heavy atom. The van der Waals surface area contributed by atoms with Crippen molar-refractivity contribution in [3.63, 3.8) is 0 Å². The summed E-state index contributed by atoms with van der Waals surface area (Å²) >= 11 is 6.16. The number of methoxy groups -OCH3 is 1. The topological polar surface area (TPSA) is 100 Å². The molecule has 2 fully saturated rings. The van der Waals surface area contributed by atoms with Crippen molar-refractivity contribution < 1.29 is 14.3 Å². The molecule has 34 heavy (non-hydrogen) atoms. The van der Waals surface area contributed by atoms with E-state index in [0.29, 0.717) is 41.2 Å². The van der Waals surface area contributed by atoms with Gasteiger partial charge in [0.25, 0.3) is 0 Å². The second-order valence-electron chi connectivity index (χ2n) is 8.99. The lowest BCUT2D eigenvalue weighted by atomic mass is 9.90. The summed E-state index contributed by atoms with van der Waals surface area (Å²) in [5.74, 6) is 1.72. The van der Waals surface area contributed by atoms with Crippen LogP contribution in [-0.4, -0.2) is 52.1 Å². The predicted molar refractivity (Wildman–Crippen MR) is 129 cm³/mol. The average Bonchev–Trinajstić information content (AvgIpc) is 3.34. The zero-order valence-corrected chi connectivity index (χ0v) is 19.6. The van der Waals surface area contributed by atoms with Gasteiger partial charge in [0, 0.05) is 30.3 Å². The molecule has 0 bridgehead atoms. The van der Waals surface area contributed by atoms with E-state index >= 15 is 0 Å². The minimum atomic E-state index is -0.0340. The maximum absolute atomic E-state index is 12.8. The first kappa shape index (κ1) is 22.4. The first-order valence-electron chi connectivity index (χ1n) is 11.4. The number of likely N-dealkylation sites (tertiary alicyclic amines) is 1. The second-order valence-corrected chi connectivity index (χ2v) is 9.39. The Morgan fingerprint density at radius 3 is 2.68 bits per heavy atom. The fourth-order valence-corrected chi connectivity index (χ4v) is 5.05. The maximum Gasteiger partial charge on any atom is 0.230 e. The Bertz CT molecular complexity index is 1200. The van der Waals surface area contributed by atoms with Gasteiger partial charge in [-0.05, 0) is 42.9 Å². The molecule has 1 aromatic heterocycles. The van der Waals surface area contributed by atoms with Crippen molar-refractivity contribution in [3.8, 4) is 17.1 Å². The molecule has 5 rings (SSSR count). The van der Waals surface area contributed by atoms with Crippen LogP contribution in [0.3, 0.4) is 0 Å². The lowest BCUT2D eigenvalue weighted by Crippen LogP contribution is -2.41. The zero-order valence-electron chi connectivity index (χ0n) is 18.9. The van der Waals surface area contributed by atoms with Gasteiger partial charge in [0.1, 0.15) is 11.6 Å². The van der Waals surface area contributed by atoms with Gasteiger partial charge < -0.3 is 15.0 Å². The van der Waals surface area contributed by atoms with Crippen LogP contribution < -0.4 is 10.1 Å². The number of nitrogens with one attached hydrogen (secondary N) is 2. The lowest BCUT2D eigenvalue weighted by molar-refractivity contribution is -0.132. The van der Waals surface area contributed by atoms with E-state index < -0.39 is 0 Å². The summed E-state index contributed by atoms with van der Waals surface area (Å²) in [4.78, 5) is 32.0. The molecule has 1 spiro atoms. The first-order valence-corrected chi connectivity index (χ1v) is 11.7. The number of aromatic amines is 1. The molecule has 176 valence electrons. The van der Waals surface area contributed by atoms with Crippen molar-refractivity contribution in [3.05, 3.63) is 59.4 Å². The van der Waals surface area contributed by atoms with Crippen molar-refractivity contribution in [2.24, 2.45) is 11.3 Å². The molecule has 0 radical (unpaired) electrons. The average molecular weight is 480 g/mol. The van der Waals surface area contributed by atoms with E-state index in [0.717, 1.165) is 24.8 Å². The number of aromatic nitrogens is 3. The number of piperidine rings is 1. The molecule has 2 amide bonds. The standard InChI is InChI=1S/C25H26ClN5O3/c1-34-20-8-7-17(13-19(20)26)27-24(33)18-15-25(18)9-11-31(12-10-25)22(32)14-21-28-23(30-29-21)16-5-3-2-4-6-16/h2-8,13,18H,9-12,14-15H2,1H3,(H,27,33)(H,28,29,30). The summed E-state index contributed by atoms with van der Waals surface area (Å²) in [6.07, 6.45) is 2.69. The smallest absolute Gasteiger partial charge is 0.230 e. The third-order valence-corrected chi connectivity index (χ3v) is 7.22. The molecule has 2 heterocycles. The van der Waals surface area contributed by atoms with Crippen molar-refractivity contribution in [1.29, 1.82) is 0 Å². The van der Waals surface area contributed by atoms with Crippen molar-refractivity contribution in [2.45, 2.75) is 25.7 Å². The van der Waals surface area contributed by atoms with Crippen LogP contribution in [0.4, 0.5) is 5.69 Å². The van der Waals surface area contributed by atoms with Crippen molar-refractivity contribution in [2.75, 3.05) is 25.5 Å². The van der Waals surface area contributed by atoms with Gasteiger partial charge in [0.05, 0.1) is 18.6 Å². The number of carbonyl (C=O) groups excluding carboxylic acids is 2. The van der Waals surface area contributed by atoms with Crippen molar-refractivity contribution >= 4 is 29.1 Å². The van der Waals surface area contributed by atoms with Crippen LogP contribution in [0.15, 0.2) is 48.5 Å². The molecule has 2 N–H and O–H groups in total. The summed E-state index contributed by atoms with van der Waals surface area (Å²) in [5.41, 5.74) is 1.56. The number of halogens is 1. The molecule has 1 saturated heterocycles. The number of carbonyl (C=O) groups is 2. The Hall–Kier alpha value is -3.39. The molecule has 1 aliphatic heterocycles. The number of anilines is 1. The van der Waals surface area contributed by atoms with Gasteiger partial charge in [-0.15, -0.1) is 0 Å². The van der Waals surface area contributed by atoms with Crippen LogP contribution in [0.25, 0.3) is 11.4 Å².